The highest BCUT2D eigenvalue weighted by Crippen LogP contribution is 2.29. The van der Waals surface area contributed by atoms with Crippen molar-refractivity contribution in [1.29, 1.82) is 5.26 Å². The Kier molecular flexibility index (Phi) is 5.90. The average molecular weight is 399 g/mol. The molecule has 2 aliphatic rings. The number of anilines is 1. The molecule has 2 fully saturated rings. The van der Waals surface area contributed by atoms with Crippen LogP contribution in [0.1, 0.15) is 25.5 Å². The van der Waals surface area contributed by atoms with Crippen molar-refractivity contribution in [1.82, 2.24) is 15.3 Å². The van der Waals surface area contributed by atoms with Gasteiger partial charge in [0.2, 0.25) is 0 Å². The number of halogens is 1. The molecule has 2 atom stereocenters. The lowest BCUT2D eigenvalue weighted by Gasteiger charge is -2.39. The third kappa shape index (κ3) is 4.47. The van der Waals surface area contributed by atoms with Crippen molar-refractivity contribution >= 4 is 16.6 Å². The number of alkyl halides is 1. The van der Waals surface area contributed by atoms with Crippen LogP contribution in [-0.4, -0.2) is 67.2 Å². The number of nitrogens with zero attached hydrogens (tertiary/aromatic N) is 4. The summed E-state index contributed by atoms with van der Waals surface area (Å²) < 4.78 is 26.1. The topological polar surface area (TPSA) is 83.3 Å². The van der Waals surface area contributed by atoms with E-state index in [1.165, 1.54) is 0 Å². The van der Waals surface area contributed by atoms with Crippen molar-refractivity contribution in [3.8, 4) is 6.07 Å². The Labute approximate surface area is 169 Å². The fraction of sp³-hybridized carbons (Fsp3) is 0.571. The molecule has 0 saturated carbocycles. The van der Waals surface area contributed by atoms with Crippen molar-refractivity contribution in [2.45, 2.75) is 37.6 Å². The molecular weight excluding hydrogens is 373 g/mol. The Morgan fingerprint density at radius 2 is 2.17 bits per heavy atom. The van der Waals surface area contributed by atoms with Crippen molar-refractivity contribution in [2.75, 3.05) is 44.3 Å². The number of nitriles is 1. The number of hydrogen-bond acceptors (Lipinski definition) is 7. The van der Waals surface area contributed by atoms with Crippen LogP contribution in [0.3, 0.4) is 0 Å². The maximum absolute atomic E-state index is 14.8. The molecule has 4 heterocycles. The Morgan fingerprint density at radius 1 is 1.34 bits per heavy atom. The highest BCUT2D eigenvalue weighted by molar-refractivity contribution is 5.93. The molecular formula is C21H26FN5O2. The van der Waals surface area contributed by atoms with Crippen LogP contribution in [0.15, 0.2) is 24.5 Å². The maximum Gasteiger partial charge on any atom is 0.166 e. The summed E-state index contributed by atoms with van der Waals surface area (Å²) in [5.41, 5.74) is 0.685. The number of nitrogens with one attached hydrogen (secondary N) is 1. The lowest BCUT2D eigenvalue weighted by molar-refractivity contribution is -0.0253. The molecule has 1 N–H and O–H groups in total. The van der Waals surface area contributed by atoms with E-state index in [1.54, 1.807) is 12.4 Å². The molecule has 154 valence electrons. The van der Waals surface area contributed by atoms with Crippen LogP contribution >= 0.6 is 0 Å². The molecule has 7 nitrogen and oxygen atoms in total. The number of rotatable bonds is 5. The quantitative estimate of drug-likeness (QED) is 0.825. The summed E-state index contributed by atoms with van der Waals surface area (Å²) in [7, 11) is 0. The van der Waals surface area contributed by atoms with Gasteiger partial charge < -0.3 is 19.7 Å². The smallest absolute Gasteiger partial charge is 0.166 e. The van der Waals surface area contributed by atoms with E-state index < -0.39 is 5.67 Å². The third-order valence-electron chi connectivity index (χ3n) is 5.60. The summed E-state index contributed by atoms with van der Waals surface area (Å²) >= 11 is 0. The van der Waals surface area contributed by atoms with E-state index in [-0.39, 0.29) is 12.2 Å². The first-order chi connectivity index (χ1) is 14.1. The van der Waals surface area contributed by atoms with Crippen LogP contribution in [0.2, 0.25) is 0 Å². The summed E-state index contributed by atoms with van der Waals surface area (Å²) in [6, 6.07) is 5.94. The van der Waals surface area contributed by atoms with E-state index >= 15 is 0 Å². The van der Waals surface area contributed by atoms with Crippen LogP contribution in [-0.2, 0) is 9.47 Å². The van der Waals surface area contributed by atoms with E-state index in [4.69, 9.17) is 9.47 Å². The molecule has 29 heavy (non-hydrogen) atoms. The highest BCUT2D eigenvalue weighted by Gasteiger charge is 2.33. The summed E-state index contributed by atoms with van der Waals surface area (Å²) in [6.45, 7) is 5.27. The maximum atomic E-state index is 14.8. The van der Waals surface area contributed by atoms with Gasteiger partial charge in [-0.1, -0.05) is 0 Å². The summed E-state index contributed by atoms with van der Waals surface area (Å²) in [4.78, 5) is 10.9. The predicted molar refractivity (Wildman–Crippen MR) is 108 cm³/mol. The van der Waals surface area contributed by atoms with Gasteiger partial charge in [0, 0.05) is 63.8 Å². The molecule has 8 heteroatoms. The van der Waals surface area contributed by atoms with Gasteiger partial charge in [0.25, 0.3) is 0 Å². The molecule has 0 radical (unpaired) electrons. The molecule has 0 aliphatic carbocycles. The zero-order valence-corrected chi connectivity index (χ0v) is 16.6. The predicted octanol–water partition coefficient (Wildman–Crippen LogP) is 2.20. The zero-order valence-electron chi connectivity index (χ0n) is 16.6. The van der Waals surface area contributed by atoms with Crippen molar-refractivity contribution in [3.05, 3.63) is 30.2 Å². The molecule has 0 amide bonds. The second kappa shape index (κ2) is 8.57. The lowest BCUT2D eigenvalue weighted by Crippen LogP contribution is -2.52. The molecule has 2 aromatic rings. The highest BCUT2D eigenvalue weighted by atomic mass is 19.1. The molecule has 0 spiro atoms. The number of aromatic nitrogens is 2. The number of pyridine rings is 2. The minimum absolute atomic E-state index is 0.0281. The van der Waals surface area contributed by atoms with Gasteiger partial charge in [0.15, 0.2) is 5.69 Å². The van der Waals surface area contributed by atoms with Gasteiger partial charge in [-0.05, 0) is 19.1 Å². The summed E-state index contributed by atoms with van der Waals surface area (Å²) in [6.07, 6.45) is 4.24. The van der Waals surface area contributed by atoms with Crippen molar-refractivity contribution in [3.63, 3.8) is 0 Å². The Bertz CT molecular complexity index is 896. The molecule has 2 aliphatic heterocycles. The Hall–Kier alpha value is -2.34. The van der Waals surface area contributed by atoms with Gasteiger partial charge in [-0.3, -0.25) is 4.98 Å². The lowest BCUT2D eigenvalue weighted by atomic mass is 9.96. The second-order valence-electron chi connectivity index (χ2n) is 7.87. The summed E-state index contributed by atoms with van der Waals surface area (Å²) in [5.74, 6) is 0. The number of ether oxygens (including phenoxy) is 2. The first-order valence-electron chi connectivity index (χ1n) is 10.1. The van der Waals surface area contributed by atoms with Gasteiger partial charge in [-0.2, -0.15) is 5.26 Å². The van der Waals surface area contributed by atoms with Gasteiger partial charge in [0.1, 0.15) is 17.3 Å². The van der Waals surface area contributed by atoms with Crippen LogP contribution in [0.5, 0.6) is 0 Å². The number of morpholine rings is 1. The first-order valence-corrected chi connectivity index (χ1v) is 10.1. The Morgan fingerprint density at radius 3 is 2.97 bits per heavy atom. The second-order valence-corrected chi connectivity index (χ2v) is 7.87. The minimum Gasteiger partial charge on any atom is -0.381 e. The zero-order chi connectivity index (χ0) is 20.3. The molecule has 2 saturated heterocycles. The van der Waals surface area contributed by atoms with E-state index in [1.807, 2.05) is 19.1 Å². The molecule has 4 rings (SSSR count). The van der Waals surface area contributed by atoms with Crippen LogP contribution in [0.25, 0.3) is 10.9 Å². The first kappa shape index (κ1) is 20.0. The molecule has 0 bridgehead atoms. The summed E-state index contributed by atoms with van der Waals surface area (Å²) in [5, 5.41) is 13.5. The Balaban J connectivity index is 1.45. The van der Waals surface area contributed by atoms with Crippen molar-refractivity contribution < 1.29 is 13.9 Å². The normalized spacial score (nSPS) is 24.4. The van der Waals surface area contributed by atoms with Gasteiger partial charge in [-0.25, -0.2) is 9.37 Å². The van der Waals surface area contributed by atoms with Gasteiger partial charge in [0.05, 0.1) is 24.1 Å². The van der Waals surface area contributed by atoms with Gasteiger partial charge in [-0.15, -0.1) is 0 Å². The van der Waals surface area contributed by atoms with E-state index in [0.717, 1.165) is 17.6 Å². The fourth-order valence-electron chi connectivity index (χ4n) is 4.12. The average Bonchev–Trinajstić information content (AvgIpc) is 2.73. The standard InChI is InChI=1S/C21H26FN5O2/c1-15-12-27(19-11-26-18(9-23)20-17(19)3-2-6-25-20)13-16(29-15)10-24-14-21(22)4-7-28-8-5-21/h2-3,6,11,15-16,24H,4-5,7-8,10,12-14H2,1H3. The molecule has 0 aromatic carbocycles. The SMILES string of the molecule is CC1CN(c2cnc(C#N)c3ncccc23)CC(CNCC2(F)CCOCC2)O1. The van der Waals surface area contributed by atoms with Crippen LogP contribution < -0.4 is 10.2 Å². The van der Waals surface area contributed by atoms with E-state index in [0.29, 0.717) is 56.9 Å². The van der Waals surface area contributed by atoms with Gasteiger partial charge >= 0.3 is 0 Å². The fourth-order valence-corrected chi connectivity index (χ4v) is 4.12. The van der Waals surface area contributed by atoms with E-state index in [2.05, 4.69) is 26.3 Å². The number of fused-ring (bicyclic) bond motifs is 1. The molecule has 2 aromatic heterocycles. The monoisotopic (exact) mass is 399 g/mol. The van der Waals surface area contributed by atoms with Crippen LogP contribution in [0, 0.1) is 11.3 Å². The van der Waals surface area contributed by atoms with Crippen LogP contribution in [0.4, 0.5) is 10.1 Å². The largest absolute Gasteiger partial charge is 0.381 e. The molecule has 2 unspecified atom stereocenters. The minimum atomic E-state index is -1.20. The number of hydrogen-bond donors (Lipinski definition) is 1. The van der Waals surface area contributed by atoms with Crippen molar-refractivity contribution in [2.24, 2.45) is 0 Å². The van der Waals surface area contributed by atoms with E-state index in [9.17, 15) is 9.65 Å². The third-order valence-corrected chi connectivity index (χ3v) is 5.60.